The molecular weight excluding hydrogens is 706 g/mol. The predicted octanol–water partition coefficient (Wildman–Crippen LogP) is 4.11. The maximum atomic E-state index is 12.6. The van der Waals surface area contributed by atoms with Crippen LogP contribution >= 0.6 is 15.9 Å². The average Bonchev–Trinajstić information content (AvgIpc) is 3.71. The lowest BCUT2D eigenvalue weighted by Crippen LogP contribution is -2.47. The number of rotatable bonds is 13. The van der Waals surface area contributed by atoms with Crippen LogP contribution in [0.4, 0.5) is 0 Å². The Morgan fingerprint density at radius 3 is 1.92 bits per heavy atom. The van der Waals surface area contributed by atoms with Crippen LogP contribution in [0.5, 0.6) is 0 Å². The molecule has 0 aliphatic carbocycles. The maximum absolute atomic E-state index is 12.6. The number of piperidine rings is 1. The summed E-state index contributed by atoms with van der Waals surface area (Å²) in [5.41, 5.74) is 1.99. The van der Waals surface area contributed by atoms with Crippen LogP contribution < -0.4 is 22.8 Å². The van der Waals surface area contributed by atoms with Gasteiger partial charge in [-0.1, -0.05) is 40.2 Å². The summed E-state index contributed by atoms with van der Waals surface area (Å²) in [6.07, 6.45) is 9.65. The Bertz CT molecular complexity index is 1950. The van der Waals surface area contributed by atoms with E-state index >= 15 is 0 Å². The maximum Gasteiger partial charge on any atom is 0.353 e. The number of hydrogen-bond acceptors (Lipinski definition) is 9. The Balaban J connectivity index is 0.000000273. The van der Waals surface area contributed by atoms with E-state index in [1.807, 2.05) is 26.0 Å². The smallest absolute Gasteiger partial charge is 0.353 e. The predicted molar refractivity (Wildman–Crippen MR) is 195 cm³/mol. The molecule has 50 heavy (non-hydrogen) atoms. The van der Waals surface area contributed by atoms with Gasteiger partial charge in [0.2, 0.25) is 0 Å². The van der Waals surface area contributed by atoms with Crippen LogP contribution in [-0.2, 0) is 37.5 Å². The van der Waals surface area contributed by atoms with Crippen molar-refractivity contribution in [2.75, 3.05) is 11.9 Å². The number of aromatic nitrogens is 6. The minimum absolute atomic E-state index is 0.252. The van der Waals surface area contributed by atoms with Gasteiger partial charge in [-0.15, -0.1) is 0 Å². The van der Waals surface area contributed by atoms with Crippen LogP contribution in [0.1, 0.15) is 69.6 Å². The van der Waals surface area contributed by atoms with Gasteiger partial charge < -0.3 is 9.15 Å². The summed E-state index contributed by atoms with van der Waals surface area (Å²) in [4.78, 5) is 58.6. The van der Waals surface area contributed by atoms with Gasteiger partial charge in [-0.05, 0) is 83.4 Å². The van der Waals surface area contributed by atoms with Crippen LogP contribution in [0.25, 0.3) is 11.1 Å². The third-order valence-corrected chi connectivity index (χ3v) is 10.4. The molecule has 2 fully saturated rings. The lowest BCUT2D eigenvalue weighted by atomic mass is 9.99. The number of benzene rings is 1. The molecule has 0 radical (unpaired) electrons. The van der Waals surface area contributed by atoms with Crippen LogP contribution in [0.15, 0.2) is 66.5 Å². The van der Waals surface area contributed by atoms with Gasteiger partial charge in [0, 0.05) is 55.7 Å². The Morgan fingerprint density at radius 1 is 0.800 bits per heavy atom. The Morgan fingerprint density at radius 2 is 1.38 bits per heavy atom. The third-order valence-electron chi connectivity index (χ3n) is 9.79. The van der Waals surface area contributed by atoms with Crippen molar-refractivity contribution in [2.24, 2.45) is 0 Å². The summed E-state index contributed by atoms with van der Waals surface area (Å²) in [5.74, 6) is 0.953. The van der Waals surface area contributed by atoms with Gasteiger partial charge in [0.05, 0.1) is 25.2 Å². The largest absolute Gasteiger partial charge is 0.472 e. The summed E-state index contributed by atoms with van der Waals surface area (Å²) in [5, 5.41) is 0.763. The fraction of sp³-hybridized carbons (Fsp3) is 0.556. The number of furan rings is 1. The van der Waals surface area contributed by atoms with Gasteiger partial charge in [0.15, 0.2) is 0 Å². The van der Waals surface area contributed by atoms with E-state index in [1.165, 1.54) is 32.1 Å². The molecule has 3 aromatic heterocycles. The molecule has 270 valence electrons. The van der Waals surface area contributed by atoms with Crippen molar-refractivity contribution in [2.45, 2.75) is 117 Å². The van der Waals surface area contributed by atoms with E-state index in [0.717, 1.165) is 48.7 Å². The van der Waals surface area contributed by atoms with Crippen LogP contribution in [-0.4, -0.2) is 63.2 Å². The zero-order valence-electron chi connectivity index (χ0n) is 29.4. The molecule has 5 heterocycles. The van der Waals surface area contributed by atoms with Crippen molar-refractivity contribution in [1.82, 2.24) is 33.1 Å². The fourth-order valence-corrected chi connectivity index (χ4v) is 7.52. The average molecular weight is 755 g/mol. The third kappa shape index (κ3) is 8.52. The fourth-order valence-electron chi connectivity index (χ4n) is 7.27. The van der Waals surface area contributed by atoms with Gasteiger partial charge in [0.25, 0.3) is 0 Å². The molecule has 0 saturated carbocycles. The van der Waals surface area contributed by atoms with Gasteiger partial charge in [-0.25, -0.2) is 28.3 Å². The number of ether oxygens (including phenoxy) is 1. The Hall–Kier alpha value is -3.88. The van der Waals surface area contributed by atoms with E-state index in [2.05, 4.69) is 49.0 Å². The molecule has 2 saturated heterocycles. The second-order valence-corrected chi connectivity index (χ2v) is 13.6. The molecule has 2 aliphatic rings. The minimum Gasteiger partial charge on any atom is -0.472 e. The molecule has 0 amide bonds. The van der Waals surface area contributed by atoms with Crippen molar-refractivity contribution < 1.29 is 9.15 Å². The van der Waals surface area contributed by atoms with Gasteiger partial charge in [-0.2, -0.15) is 9.97 Å². The van der Waals surface area contributed by atoms with E-state index in [1.54, 1.807) is 30.9 Å². The molecule has 2 unspecified atom stereocenters. The van der Waals surface area contributed by atoms with E-state index in [0.29, 0.717) is 56.5 Å². The molecule has 1 aromatic carbocycles. The molecule has 0 spiro atoms. The zero-order valence-corrected chi connectivity index (χ0v) is 31.0. The van der Waals surface area contributed by atoms with Crippen molar-refractivity contribution in [1.29, 1.82) is 0 Å². The SMILES string of the molecule is CCn1c(C)nc(=O)n(CCCBr)c1=O.CCn1c(C)nc(=O)n(CCCN2C3CCC2CC(OCc2ccccc2-c2ccoc2)C3)c1=O. The van der Waals surface area contributed by atoms with E-state index < -0.39 is 11.4 Å². The van der Waals surface area contributed by atoms with E-state index in [-0.39, 0.29) is 17.5 Å². The first-order valence-corrected chi connectivity index (χ1v) is 18.7. The number of fused-ring (bicyclic) bond motifs is 2. The van der Waals surface area contributed by atoms with E-state index in [4.69, 9.17) is 9.15 Å². The summed E-state index contributed by atoms with van der Waals surface area (Å²) < 4.78 is 17.2. The second-order valence-electron chi connectivity index (χ2n) is 12.8. The molecule has 14 heteroatoms. The molecule has 2 atom stereocenters. The highest BCUT2D eigenvalue weighted by molar-refractivity contribution is 9.09. The monoisotopic (exact) mass is 753 g/mol. The number of halogens is 1. The molecule has 6 rings (SSSR count). The van der Waals surface area contributed by atoms with Crippen molar-refractivity contribution in [3.63, 3.8) is 0 Å². The highest BCUT2D eigenvalue weighted by Gasteiger charge is 2.40. The number of nitrogens with zero attached hydrogens (tertiary/aromatic N) is 7. The van der Waals surface area contributed by atoms with Gasteiger partial charge in [0.1, 0.15) is 11.6 Å². The zero-order chi connectivity index (χ0) is 35.8. The molecule has 4 aromatic rings. The molecule has 2 aliphatic heterocycles. The highest BCUT2D eigenvalue weighted by Crippen LogP contribution is 2.37. The molecule has 0 N–H and O–H groups in total. The summed E-state index contributed by atoms with van der Waals surface area (Å²) in [6.45, 7) is 10.5. The second kappa shape index (κ2) is 17.4. The molecule has 2 bridgehead atoms. The molecular formula is C36H48BrN7O6. The summed E-state index contributed by atoms with van der Waals surface area (Å²) in [7, 11) is 0. The summed E-state index contributed by atoms with van der Waals surface area (Å²) >= 11 is 3.26. The minimum atomic E-state index is -0.455. The quantitative estimate of drug-likeness (QED) is 0.185. The lowest BCUT2D eigenvalue weighted by molar-refractivity contribution is -0.0284. The topological polar surface area (TPSA) is 139 Å². The normalized spacial score (nSPS) is 18.6. The van der Waals surface area contributed by atoms with Crippen molar-refractivity contribution >= 4 is 15.9 Å². The van der Waals surface area contributed by atoms with Gasteiger partial charge >= 0.3 is 22.8 Å². The van der Waals surface area contributed by atoms with Crippen molar-refractivity contribution in [3.8, 4) is 11.1 Å². The Kier molecular flexibility index (Phi) is 13.0. The van der Waals surface area contributed by atoms with Crippen LogP contribution in [0.3, 0.4) is 0 Å². The number of hydrogen-bond donors (Lipinski definition) is 0. The lowest BCUT2D eigenvalue weighted by Gasteiger charge is -2.39. The van der Waals surface area contributed by atoms with Crippen molar-refractivity contribution in [3.05, 3.63) is 102 Å². The first-order valence-electron chi connectivity index (χ1n) is 17.6. The standard InChI is InChI=1S/C27H34N4O4.C9H14BrN3O2/c1-3-29-19(2)28-26(32)31(27(29)33)13-6-12-30-22-9-10-23(30)16-24(15-22)35-18-20-7-4-5-8-25(20)21-11-14-34-17-21;1-3-12-7(2)11-8(14)13(9(12)15)6-4-5-10/h4-5,7-8,11,14,17,22-24H,3,6,9-10,12-13,15-16,18H2,1-2H3;3-6H2,1-2H3. The Labute approximate surface area is 299 Å². The van der Waals surface area contributed by atoms with Crippen LogP contribution in [0, 0.1) is 13.8 Å². The van der Waals surface area contributed by atoms with Gasteiger partial charge in [-0.3, -0.25) is 14.0 Å². The number of aryl methyl sites for hydroxylation is 2. The summed E-state index contributed by atoms with van der Waals surface area (Å²) in [6, 6.07) is 11.3. The molecule has 13 nitrogen and oxygen atoms in total. The highest BCUT2D eigenvalue weighted by atomic mass is 79.9. The first kappa shape index (κ1) is 37.4. The van der Waals surface area contributed by atoms with Crippen LogP contribution in [0.2, 0.25) is 0 Å². The van der Waals surface area contributed by atoms with E-state index in [9.17, 15) is 19.2 Å². The first-order chi connectivity index (χ1) is 24.2. The number of alkyl halides is 1.